The highest BCUT2D eigenvalue weighted by molar-refractivity contribution is 5.85. The van der Waals surface area contributed by atoms with Gasteiger partial charge in [0.25, 0.3) is 0 Å². The van der Waals surface area contributed by atoms with E-state index in [0.717, 1.165) is 16.6 Å². The molecule has 0 saturated heterocycles. The molecule has 2 heteroatoms. The zero-order valence-electron chi connectivity index (χ0n) is 8.57. The van der Waals surface area contributed by atoms with Crippen molar-refractivity contribution in [1.29, 1.82) is 0 Å². The molecule has 0 fully saturated rings. The van der Waals surface area contributed by atoms with Crippen LogP contribution in [0.2, 0.25) is 0 Å². The van der Waals surface area contributed by atoms with Crippen molar-refractivity contribution in [2.75, 3.05) is 0 Å². The molecule has 16 heavy (non-hydrogen) atoms. The van der Waals surface area contributed by atoms with Crippen LogP contribution in [-0.4, -0.2) is 4.98 Å². The molecule has 1 N–H and O–H groups in total. The molecule has 0 amide bonds. The number of aromatic nitrogens is 1. The summed E-state index contributed by atoms with van der Waals surface area (Å²) < 4.78 is 13.6. The highest BCUT2D eigenvalue weighted by Crippen LogP contribution is 2.25. The van der Waals surface area contributed by atoms with E-state index in [1.165, 1.54) is 6.07 Å². The van der Waals surface area contributed by atoms with Crippen molar-refractivity contribution in [1.82, 2.24) is 4.98 Å². The number of hydrogen-bond acceptors (Lipinski definition) is 0. The summed E-state index contributed by atoms with van der Waals surface area (Å²) in [6.07, 6.45) is 0. The maximum absolute atomic E-state index is 13.6. The van der Waals surface area contributed by atoms with E-state index >= 15 is 0 Å². The van der Waals surface area contributed by atoms with Crippen LogP contribution in [0, 0.1) is 5.82 Å². The second-order valence-corrected chi connectivity index (χ2v) is 3.75. The number of para-hydroxylation sites is 1. The third-order valence-corrected chi connectivity index (χ3v) is 2.69. The van der Waals surface area contributed by atoms with Gasteiger partial charge < -0.3 is 4.98 Å². The average molecular weight is 211 g/mol. The summed E-state index contributed by atoms with van der Waals surface area (Å²) in [5, 5.41) is 1.10. The van der Waals surface area contributed by atoms with Gasteiger partial charge in [-0.25, -0.2) is 4.39 Å². The molecule has 0 radical (unpaired) electrons. The van der Waals surface area contributed by atoms with Gasteiger partial charge in [-0.3, -0.25) is 0 Å². The van der Waals surface area contributed by atoms with Crippen molar-refractivity contribution in [2.24, 2.45) is 0 Å². The number of fused-ring (bicyclic) bond motifs is 1. The van der Waals surface area contributed by atoms with Crippen LogP contribution >= 0.6 is 0 Å². The first-order valence-electron chi connectivity index (χ1n) is 5.17. The van der Waals surface area contributed by atoms with Crippen molar-refractivity contribution in [3.8, 4) is 11.3 Å². The highest BCUT2D eigenvalue weighted by atomic mass is 19.1. The van der Waals surface area contributed by atoms with E-state index in [4.69, 9.17) is 0 Å². The predicted molar refractivity (Wildman–Crippen MR) is 63.7 cm³/mol. The number of nitrogens with one attached hydrogen (secondary N) is 1. The van der Waals surface area contributed by atoms with Gasteiger partial charge in [0.15, 0.2) is 0 Å². The van der Waals surface area contributed by atoms with E-state index in [1.807, 2.05) is 36.4 Å². The second-order valence-electron chi connectivity index (χ2n) is 3.75. The van der Waals surface area contributed by atoms with Crippen LogP contribution in [0.3, 0.4) is 0 Å². The van der Waals surface area contributed by atoms with Crippen LogP contribution in [0.5, 0.6) is 0 Å². The third kappa shape index (κ3) is 1.39. The quantitative estimate of drug-likeness (QED) is 0.626. The number of halogens is 1. The van der Waals surface area contributed by atoms with Crippen molar-refractivity contribution in [3.63, 3.8) is 0 Å². The molecule has 1 aromatic heterocycles. The molecule has 2 aromatic carbocycles. The first kappa shape index (κ1) is 9.16. The molecule has 0 atom stereocenters. The largest absolute Gasteiger partial charge is 0.354 e. The SMILES string of the molecule is Fc1ccccc1-c1cc2ccccc2[nH]1. The molecule has 0 aliphatic carbocycles. The Labute approximate surface area is 92.5 Å². The minimum atomic E-state index is -0.200. The van der Waals surface area contributed by atoms with Gasteiger partial charge >= 0.3 is 0 Å². The Morgan fingerprint density at radius 1 is 0.875 bits per heavy atom. The lowest BCUT2D eigenvalue weighted by Gasteiger charge is -1.98. The standard InChI is InChI=1S/C14H10FN/c15-12-7-3-2-6-11(12)14-9-10-5-1-4-8-13(10)16-14/h1-9,16H. The Bertz CT molecular complexity index is 607. The molecule has 0 unspecified atom stereocenters. The lowest BCUT2D eigenvalue weighted by atomic mass is 10.1. The topological polar surface area (TPSA) is 15.8 Å². The monoisotopic (exact) mass is 211 g/mol. The fourth-order valence-corrected chi connectivity index (χ4v) is 1.90. The summed E-state index contributed by atoms with van der Waals surface area (Å²) in [6.45, 7) is 0. The first-order valence-corrected chi connectivity index (χ1v) is 5.17. The highest BCUT2D eigenvalue weighted by Gasteiger charge is 2.06. The van der Waals surface area contributed by atoms with Crippen LogP contribution in [0.4, 0.5) is 4.39 Å². The number of H-pyrrole nitrogens is 1. The summed E-state index contributed by atoms with van der Waals surface area (Å²) in [7, 11) is 0. The Morgan fingerprint density at radius 3 is 2.44 bits per heavy atom. The number of aromatic amines is 1. The van der Waals surface area contributed by atoms with E-state index in [2.05, 4.69) is 4.98 Å². The molecule has 0 bridgehead atoms. The van der Waals surface area contributed by atoms with Gasteiger partial charge in [-0.2, -0.15) is 0 Å². The zero-order valence-corrected chi connectivity index (χ0v) is 8.57. The van der Waals surface area contributed by atoms with E-state index < -0.39 is 0 Å². The van der Waals surface area contributed by atoms with Gasteiger partial charge in [-0.1, -0.05) is 30.3 Å². The van der Waals surface area contributed by atoms with E-state index in [9.17, 15) is 4.39 Å². The first-order chi connectivity index (χ1) is 7.84. The Morgan fingerprint density at radius 2 is 1.62 bits per heavy atom. The van der Waals surface area contributed by atoms with Gasteiger partial charge in [0.1, 0.15) is 5.82 Å². The Kier molecular flexibility index (Phi) is 2.00. The minimum Gasteiger partial charge on any atom is -0.354 e. The molecular formula is C14H10FN. The van der Waals surface area contributed by atoms with E-state index in [1.54, 1.807) is 12.1 Å². The van der Waals surface area contributed by atoms with Gasteiger partial charge in [-0.15, -0.1) is 0 Å². The van der Waals surface area contributed by atoms with E-state index in [-0.39, 0.29) is 5.82 Å². The van der Waals surface area contributed by atoms with Gasteiger partial charge in [0.2, 0.25) is 0 Å². The molecule has 0 aliphatic rings. The zero-order chi connectivity index (χ0) is 11.0. The fraction of sp³-hybridized carbons (Fsp3) is 0. The lowest BCUT2D eigenvalue weighted by molar-refractivity contribution is 0.631. The van der Waals surface area contributed by atoms with Crippen LogP contribution in [0.15, 0.2) is 54.6 Å². The normalized spacial score (nSPS) is 10.8. The van der Waals surface area contributed by atoms with Gasteiger partial charge in [0, 0.05) is 22.2 Å². The smallest absolute Gasteiger partial charge is 0.132 e. The molecule has 0 aliphatic heterocycles. The lowest BCUT2D eigenvalue weighted by Crippen LogP contribution is -1.82. The number of benzene rings is 2. The molecule has 1 nitrogen and oxygen atoms in total. The molecular weight excluding hydrogens is 201 g/mol. The van der Waals surface area contributed by atoms with Crippen molar-refractivity contribution in [3.05, 3.63) is 60.4 Å². The maximum atomic E-state index is 13.6. The summed E-state index contributed by atoms with van der Waals surface area (Å²) in [4.78, 5) is 3.21. The van der Waals surface area contributed by atoms with Crippen LogP contribution < -0.4 is 0 Å². The summed E-state index contributed by atoms with van der Waals surface area (Å²) in [5.41, 5.74) is 2.46. The summed E-state index contributed by atoms with van der Waals surface area (Å²) in [6, 6.07) is 16.7. The average Bonchev–Trinajstić information content (AvgIpc) is 2.73. The molecule has 0 spiro atoms. The Balaban J connectivity index is 2.23. The summed E-state index contributed by atoms with van der Waals surface area (Å²) >= 11 is 0. The van der Waals surface area contributed by atoms with Crippen molar-refractivity contribution in [2.45, 2.75) is 0 Å². The maximum Gasteiger partial charge on any atom is 0.132 e. The van der Waals surface area contributed by atoms with Crippen LogP contribution in [-0.2, 0) is 0 Å². The number of rotatable bonds is 1. The molecule has 3 rings (SSSR count). The van der Waals surface area contributed by atoms with E-state index in [0.29, 0.717) is 5.56 Å². The van der Waals surface area contributed by atoms with Crippen LogP contribution in [0.1, 0.15) is 0 Å². The van der Waals surface area contributed by atoms with Gasteiger partial charge in [-0.05, 0) is 24.3 Å². The van der Waals surface area contributed by atoms with Crippen LogP contribution in [0.25, 0.3) is 22.2 Å². The predicted octanol–water partition coefficient (Wildman–Crippen LogP) is 3.97. The fourth-order valence-electron chi connectivity index (χ4n) is 1.90. The minimum absolute atomic E-state index is 0.200. The summed E-state index contributed by atoms with van der Waals surface area (Å²) in [5.74, 6) is -0.200. The molecule has 0 saturated carbocycles. The molecule has 3 aromatic rings. The van der Waals surface area contributed by atoms with Crippen molar-refractivity contribution < 1.29 is 4.39 Å². The molecule has 78 valence electrons. The number of hydrogen-bond donors (Lipinski definition) is 1. The molecule has 1 heterocycles. The van der Waals surface area contributed by atoms with Crippen molar-refractivity contribution >= 4 is 10.9 Å². The third-order valence-electron chi connectivity index (χ3n) is 2.69. The van der Waals surface area contributed by atoms with Gasteiger partial charge in [0.05, 0.1) is 0 Å². The second kappa shape index (κ2) is 3.49. The Hall–Kier alpha value is -2.09.